The molecule has 2 aromatic carbocycles. The van der Waals surface area contributed by atoms with E-state index in [4.69, 9.17) is 4.74 Å². The van der Waals surface area contributed by atoms with Crippen molar-refractivity contribution in [3.05, 3.63) is 65.7 Å². The molecule has 0 aromatic heterocycles. The van der Waals surface area contributed by atoms with Crippen LogP contribution in [0.4, 0.5) is 0 Å². The highest BCUT2D eigenvalue weighted by Crippen LogP contribution is 2.17. The number of rotatable bonds is 6. The molecule has 0 bridgehead atoms. The lowest BCUT2D eigenvalue weighted by Crippen LogP contribution is -2.43. The summed E-state index contributed by atoms with van der Waals surface area (Å²) in [5.41, 5.74) is 1.23. The van der Waals surface area contributed by atoms with Crippen molar-refractivity contribution >= 4 is 11.9 Å². The van der Waals surface area contributed by atoms with E-state index in [0.29, 0.717) is 5.56 Å². The number of phenols is 1. The molecule has 1 amide bonds. The van der Waals surface area contributed by atoms with Crippen molar-refractivity contribution in [2.45, 2.75) is 26.4 Å². The van der Waals surface area contributed by atoms with Crippen LogP contribution in [0, 0.1) is 0 Å². The molecule has 0 spiro atoms. The number of phenolic OH excluding ortho intramolecular Hbond substituents is 1. The van der Waals surface area contributed by atoms with Crippen molar-refractivity contribution in [1.82, 2.24) is 4.90 Å². The molecule has 1 N–H and O–H groups in total. The molecule has 1 unspecified atom stereocenters. The topological polar surface area (TPSA) is 66.8 Å². The number of hydrogen-bond donors (Lipinski definition) is 1. The molecule has 0 saturated carbocycles. The van der Waals surface area contributed by atoms with Gasteiger partial charge in [0.1, 0.15) is 11.8 Å². The van der Waals surface area contributed by atoms with Crippen LogP contribution in [0.25, 0.3) is 0 Å². The van der Waals surface area contributed by atoms with E-state index in [1.807, 2.05) is 30.3 Å². The molecule has 5 nitrogen and oxygen atoms in total. The smallest absolute Gasteiger partial charge is 0.328 e. The fourth-order valence-electron chi connectivity index (χ4n) is 2.36. The Morgan fingerprint density at radius 2 is 1.83 bits per heavy atom. The maximum Gasteiger partial charge on any atom is 0.328 e. The minimum absolute atomic E-state index is 0.00398. The summed E-state index contributed by atoms with van der Waals surface area (Å²) in [7, 11) is 0. The zero-order chi connectivity index (χ0) is 17.5. The van der Waals surface area contributed by atoms with Crippen LogP contribution in [0.15, 0.2) is 54.6 Å². The summed E-state index contributed by atoms with van der Waals surface area (Å²) < 4.78 is 5.05. The van der Waals surface area contributed by atoms with Gasteiger partial charge in [0.15, 0.2) is 0 Å². The van der Waals surface area contributed by atoms with Crippen molar-refractivity contribution < 1.29 is 19.4 Å². The van der Waals surface area contributed by atoms with Gasteiger partial charge in [-0.1, -0.05) is 36.4 Å². The Bertz CT molecular complexity index is 700. The zero-order valence-corrected chi connectivity index (χ0v) is 13.8. The van der Waals surface area contributed by atoms with Gasteiger partial charge in [-0.25, -0.2) is 4.79 Å². The van der Waals surface area contributed by atoms with Crippen LogP contribution in [0.1, 0.15) is 29.8 Å². The lowest BCUT2D eigenvalue weighted by Gasteiger charge is -2.28. The molecule has 2 aromatic rings. The second-order valence-corrected chi connectivity index (χ2v) is 5.40. The molecule has 0 heterocycles. The third-order valence-corrected chi connectivity index (χ3v) is 3.64. The summed E-state index contributed by atoms with van der Waals surface area (Å²) in [6.07, 6.45) is 0. The van der Waals surface area contributed by atoms with Crippen molar-refractivity contribution in [1.29, 1.82) is 0 Å². The molecule has 0 saturated heterocycles. The van der Waals surface area contributed by atoms with E-state index in [1.54, 1.807) is 26.0 Å². The Morgan fingerprint density at radius 1 is 1.12 bits per heavy atom. The Morgan fingerprint density at radius 3 is 2.46 bits per heavy atom. The Hall–Kier alpha value is -2.82. The molecule has 0 aliphatic carbocycles. The van der Waals surface area contributed by atoms with Crippen LogP contribution >= 0.6 is 0 Å². The van der Waals surface area contributed by atoms with Crippen molar-refractivity contribution in [3.63, 3.8) is 0 Å². The molecule has 0 fully saturated rings. The summed E-state index contributed by atoms with van der Waals surface area (Å²) in [5, 5.41) is 9.60. The molecular weight excluding hydrogens is 306 g/mol. The predicted molar refractivity (Wildman–Crippen MR) is 90.5 cm³/mol. The van der Waals surface area contributed by atoms with Crippen LogP contribution in [0.5, 0.6) is 5.75 Å². The summed E-state index contributed by atoms with van der Waals surface area (Å²) >= 11 is 0. The third-order valence-electron chi connectivity index (χ3n) is 3.64. The number of ether oxygens (including phenoxy) is 1. The molecule has 2 rings (SSSR count). The average Bonchev–Trinajstić information content (AvgIpc) is 2.59. The van der Waals surface area contributed by atoms with Gasteiger partial charge in [-0.05, 0) is 37.6 Å². The molecular formula is C19H21NO4. The monoisotopic (exact) mass is 327 g/mol. The number of carbonyl (C=O) groups excluding carboxylic acids is 2. The molecule has 5 heteroatoms. The van der Waals surface area contributed by atoms with E-state index in [9.17, 15) is 14.7 Å². The van der Waals surface area contributed by atoms with Gasteiger partial charge in [0, 0.05) is 12.1 Å². The second-order valence-electron chi connectivity index (χ2n) is 5.40. The predicted octanol–water partition coefficient (Wildman–Crippen LogP) is 2.99. The molecule has 0 aliphatic heterocycles. The first-order valence-electron chi connectivity index (χ1n) is 7.83. The maximum atomic E-state index is 12.9. The number of carbonyl (C=O) groups is 2. The highest BCUT2D eigenvalue weighted by atomic mass is 16.5. The number of hydrogen-bond acceptors (Lipinski definition) is 4. The van der Waals surface area contributed by atoms with Crippen molar-refractivity contribution in [3.8, 4) is 5.75 Å². The third kappa shape index (κ3) is 4.35. The fourth-order valence-corrected chi connectivity index (χ4v) is 2.36. The Balaban J connectivity index is 2.30. The number of benzene rings is 2. The number of nitrogens with zero attached hydrogens (tertiary/aromatic N) is 1. The van der Waals surface area contributed by atoms with E-state index in [1.165, 1.54) is 17.0 Å². The van der Waals surface area contributed by atoms with Crippen LogP contribution in [-0.4, -0.2) is 34.5 Å². The fraction of sp³-hybridized carbons (Fsp3) is 0.263. The van der Waals surface area contributed by atoms with Gasteiger partial charge >= 0.3 is 5.97 Å². The molecule has 24 heavy (non-hydrogen) atoms. The van der Waals surface area contributed by atoms with Crippen molar-refractivity contribution in [2.75, 3.05) is 6.61 Å². The van der Waals surface area contributed by atoms with Crippen LogP contribution < -0.4 is 0 Å². The SMILES string of the molecule is CCOC(=O)C(C)N(Cc1ccccc1)C(=O)c1cccc(O)c1. The molecule has 0 aliphatic rings. The lowest BCUT2D eigenvalue weighted by molar-refractivity contribution is -0.148. The molecule has 126 valence electrons. The number of amides is 1. The first kappa shape index (κ1) is 17.5. The summed E-state index contributed by atoms with van der Waals surface area (Å²) in [6.45, 7) is 3.89. The Labute approximate surface area is 141 Å². The second kappa shape index (κ2) is 8.15. The highest BCUT2D eigenvalue weighted by molar-refractivity contribution is 5.97. The summed E-state index contributed by atoms with van der Waals surface area (Å²) in [5.74, 6) is -0.790. The minimum atomic E-state index is -0.736. The van der Waals surface area contributed by atoms with Gasteiger partial charge in [-0.15, -0.1) is 0 Å². The minimum Gasteiger partial charge on any atom is -0.508 e. The van der Waals surface area contributed by atoms with E-state index in [0.717, 1.165) is 5.56 Å². The van der Waals surface area contributed by atoms with Crippen molar-refractivity contribution in [2.24, 2.45) is 0 Å². The normalized spacial score (nSPS) is 11.6. The van der Waals surface area contributed by atoms with Gasteiger partial charge < -0.3 is 14.7 Å². The zero-order valence-electron chi connectivity index (χ0n) is 13.8. The van der Waals surface area contributed by atoms with E-state index < -0.39 is 12.0 Å². The lowest BCUT2D eigenvalue weighted by atomic mass is 10.1. The standard InChI is InChI=1S/C19H21NO4/c1-3-24-19(23)14(2)20(13-15-8-5-4-6-9-15)18(22)16-10-7-11-17(21)12-16/h4-12,14,21H,3,13H2,1-2H3. The van der Waals surface area contributed by atoms with Gasteiger partial charge in [-0.2, -0.15) is 0 Å². The van der Waals surface area contributed by atoms with Gasteiger partial charge in [0.2, 0.25) is 0 Å². The van der Waals surface area contributed by atoms with Crippen LogP contribution in [-0.2, 0) is 16.1 Å². The molecule has 0 radical (unpaired) electrons. The quantitative estimate of drug-likeness (QED) is 0.828. The van der Waals surface area contributed by atoms with Gasteiger partial charge in [-0.3, -0.25) is 4.79 Å². The summed E-state index contributed by atoms with van der Waals surface area (Å²) in [4.78, 5) is 26.4. The van der Waals surface area contributed by atoms with E-state index in [-0.39, 0.29) is 24.8 Å². The van der Waals surface area contributed by atoms with E-state index in [2.05, 4.69) is 0 Å². The van der Waals surface area contributed by atoms with Crippen LogP contribution in [0.3, 0.4) is 0 Å². The van der Waals surface area contributed by atoms with Crippen LogP contribution in [0.2, 0.25) is 0 Å². The molecule has 1 atom stereocenters. The van der Waals surface area contributed by atoms with E-state index >= 15 is 0 Å². The summed E-state index contributed by atoms with van der Waals surface area (Å²) in [6, 6.07) is 14.8. The largest absolute Gasteiger partial charge is 0.508 e. The average molecular weight is 327 g/mol. The van der Waals surface area contributed by atoms with Gasteiger partial charge in [0.05, 0.1) is 6.61 Å². The first-order chi connectivity index (χ1) is 11.5. The first-order valence-corrected chi connectivity index (χ1v) is 7.83. The van der Waals surface area contributed by atoms with Gasteiger partial charge in [0.25, 0.3) is 5.91 Å². The number of esters is 1. The Kier molecular flexibility index (Phi) is 5.95. The number of aromatic hydroxyl groups is 1. The highest BCUT2D eigenvalue weighted by Gasteiger charge is 2.28. The maximum absolute atomic E-state index is 12.9.